The molecule has 210 valence electrons. The molecule has 0 bridgehead atoms. The van der Waals surface area contributed by atoms with Gasteiger partial charge in [0.15, 0.2) is 0 Å². The van der Waals surface area contributed by atoms with Crippen LogP contribution in [-0.2, 0) is 31.8 Å². The van der Waals surface area contributed by atoms with Crippen molar-refractivity contribution in [2.75, 3.05) is 7.11 Å². The van der Waals surface area contributed by atoms with E-state index in [1.165, 1.54) is 40.5 Å². The number of fused-ring (bicyclic) bond motifs is 3. The second kappa shape index (κ2) is 9.66. The van der Waals surface area contributed by atoms with Gasteiger partial charge in [-0.3, -0.25) is 14.5 Å². The van der Waals surface area contributed by atoms with E-state index in [2.05, 4.69) is 118 Å². The molecule has 4 atom stereocenters. The molecule has 1 heterocycles. The molecule has 4 heteroatoms. The lowest BCUT2D eigenvalue weighted by Crippen LogP contribution is -2.77. The van der Waals surface area contributed by atoms with Crippen LogP contribution in [0.25, 0.3) is 5.57 Å². The summed E-state index contributed by atoms with van der Waals surface area (Å²) in [5, 5.41) is 0. The first kappa shape index (κ1) is 27.4. The molecule has 4 nitrogen and oxygen atoms in total. The largest absolute Gasteiger partial charge is 0.469 e. The fourth-order valence-corrected chi connectivity index (χ4v) is 7.95. The SMILES string of the molecule is COC(=O)C[C@@H](C(C)=O)N1C2(c3ccccc3CC(C)(C)C)C3=C(C=CC(C)C31c1ccccc1)c1ccccc12. The second-order valence-corrected chi connectivity index (χ2v) is 13.0. The molecule has 3 aromatic carbocycles. The van der Waals surface area contributed by atoms with Crippen molar-refractivity contribution in [3.05, 3.63) is 124 Å². The minimum Gasteiger partial charge on any atom is -0.469 e. The number of likely N-dealkylation sites (tertiary alicyclic amines) is 1. The first-order chi connectivity index (χ1) is 19.6. The van der Waals surface area contributed by atoms with Gasteiger partial charge in [-0.15, -0.1) is 0 Å². The predicted molar refractivity (Wildman–Crippen MR) is 163 cm³/mol. The van der Waals surface area contributed by atoms with Crippen molar-refractivity contribution in [3.63, 3.8) is 0 Å². The number of hydrogen-bond acceptors (Lipinski definition) is 4. The van der Waals surface area contributed by atoms with Crippen LogP contribution in [0.15, 0.2) is 96.6 Å². The van der Waals surface area contributed by atoms with Gasteiger partial charge in [-0.05, 0) is 57.7 Å². The summed E-state index contributed by atoms with van der Waals surface area (Å²) in [7, 11) is 1.40. The molecule has 0 N–H and O–H groups in total. The number of carbonyl (C=O) groups excluding carboxylic acids is 2. The summed E-state index contributed by atoms with van der Waals surface area (Å²) in [6, 6.07) is 27.2. The van der Waals surface area contributed by atoms with Gasteiger partial charge in [-0.2, -0.15) is 0 Å². The van der Waals surface area contributed by atoms with Crippen LogP contribution in [0.1, 0.15) is 68.9 Å². The average molecular weight is 546 g/mol. The zero-order chi connectivity index (χ0) is 29.2. The molecular weight excluding hydrogens is 506 g/mol. The van der Waals surface area contributed by atoms with Gasteiger partial charge in [0.25, 0.3) is 0 Å². The van der Waals surface area contributed by atoms with Gasteiger partial charge >= 0.3 is 5.97 Å². The number of ether oxygens (including phenoxy) is 1. The maximum atomic E-state index is 13.8. The third kappa shape index (κ3) is 3.76. The number of carbonyl (C=O) groups is 2. The Labute approximate surface area is 243 Å². The lowest BCUT2D eigenvalue weighted by atomic mass is 9.51. The molecule has 0 saturated carbocycles. The van der Waals surface area contributed by atoms with Gasteiger partial charge in [-0.25, -0.2) is 0 Å². The highest BCUT2D eigenvalue weighted by molar-refractivity contribution is 5.96. The normalized spacial score (nSPS) is 25.3. The van der Waals surface area contributed by atoms with Crippen LogP contribution in [-0.4, -0.2) is 29.8 Å². The van der Waals surface area contributed by atoms with Crippen molar-refractivity contribution in [1.82, 2.24) is 4.90 Å². The minimum atomic E-state index is -0.701. The topological polar surface area (TPSA) is 46.6 Å². The molecule has 0 radical (unpaired) electrons. The van der Waals surface area contributed by atoms with E-state index in [0.717, 1.165) is 12.0 Å². The van der Waals surface area contributed by atoms with Crippen LogP contribution in [0.4, 0.5) is 0 Å². The van der Waals surface area contributed by atoms with Crippen LogP contribution in [0.5, 0.6) is 0 Å². The third-order valence-electron chi connectivity index (χ3n) is 9.28. The Balaban J connectivity index is 1.76. The van der Waals surface area contributed by atoms with E-state index in [4.69, 9.17) is 4.74 Å². The highest BCUT2D eigenvalue weighted by atomic mass is 16.5. The zero-order valence-electron chi connectivity index (χ0n) is 24.9. The molecule has 3 aliphatic rings. The molecule has 2 aliphatic carbocycles. The number of rotatable bonds is 7. The summed E-state index contributed by atoms with van der Waals surface area (Å²) in [4.78, 5) is 29.2. The summed E-state index contributed by atoms with van der Waals surface area (Å²) in [5.74, 6) is -0.361. The Bertz CT molecular complexity index is 1590. The van der Waals surface area contributed by atoms with Gasteiger partial charge in [0, 0.05) is 5.92 Å². The van der Waals surface area contributed by atoms with Crippen LogP contribution in [0.2, 0.25) is 0 Å². The molecule has 6 rings (SSSR count). The zero-order valence-corrected chi connectivity index (χ0v) is 24.9. The fraction of sp³-hybridized carbons (Fsp3) is 0.351. The van der Waals surface area contributed by atoms with E-state index in [0.29, 0.717) is 0 Å². The average Bonchev–Trinajstić information content (AvgIpc) is 3.21. The van der Waals surface area contributed by atoms with Gasteiger partial charge < -0.3 is 4.74 Å². The van der Waals surface area contributed by atoms with E-state index >= 15 is 0 Å². The quantitative estimate of drug-likeness (QED) is 0.294. The molecule has 0 spiro atoms. The molecule has 1 aliphatic heterocycles. The van der Waals surface area contributed by atoms with Gasteiger partial charge in [0.2, 0.25) is 0 Å². The molecule has 41 heavy (non-hydrogen) atoms. The van der Waals surface area contributed by atoms with Crippen molar-refractivity contribution >= 4 is 17.3 Å². The monoisotopic (exact) mass is 545 g/mol. The van der Waals surface area contributed by atoms with Crippen molar-refractivity contribution < 1.29 is 14.3 Å². The number of nitrogens with zero attached hydrogens (tertiary/aromatic N) is 1. The second-order valence-electron chi connectivity index (χ2n) is 13.0. The Morgan fingerprint density at radius 2 is 1.56 bits per heavy atom. The summed E-state index contributed by atoms with van der Waals surface area (Å²) >= 11 is 0. The maximum Gasteiger partial charge on any atom is 0.307 e. The van der Waals surface area contributed by atoms with E-state index in [9.17, 15) is 9.59 Å². The summed E-state index contributed by atoms with van der Waals surface area (Å²) in [5.41, 5.74) is 7.24. The number of ketones is 1. The molecule has 3 unspecified atom stereocenters. The first-order valence-electron chi connectivity index (χ1n) is 14.6. The van der Waals surface area contributed by atoms with Crippen LogP contribution in [0, 0.1) is 11.3 Å². The Morgan fingerprint density at radius 1 is 0.927 bits per heavy atom. The van der Waals surface area contributed by atoms with Crippen LogP contribution >= 0.6 is 0 Å². The molecule has 0 amide bonds. The fourth-order valence-electron chi connectivity index (χ4n) is 7.95. The number of esters is 1. The number of benzene rings is 3. The van der Waals surface area contributed by atoms with Gasteiger partial charge in [0.05, 0.1) is 30.7 Å². The van der Waals surface area contributed by atoms with Crippen LogP contribution in [0.3, 0.4) is 0 Å². The molecule has 3 aromatic rings. The summed E-state index contributed by atoms with van der Waals surface area (Å²) in [6.07, 6.45) is 5.44. The minimum absolute atomic E-state index is 0.00911. The number of Topliss-reactive ketones (excluding diaryl/α,β-unsaturated/α-hetero) is 1. The maximum absolute atomic E-state index is 13.8. The van der Waals surface area contributed by atoms with Gasteiger partial charge in [0.1, 0.15) is 5.78 Å². The standard InChI is InChI=1S/C37H39NO3/c1-24-20-21-29-28-17-11-13-19-31(28)37(30-18-12-10-14-26(30)23-35(3,4)5)34(29)36(24,27-15-8-7-9-16-27)38(37)32(25(2)39)22-33(40)41-6/h7-21,24,32H,22-23H2,1-6H3/t24?,32-,36?,37?/m0/s1. The number of methoxy groups -OCH3 is 1. The number of allylic oxidation sites excluding steroid dienone is 2. The van der Waals surface area contributed by atoms with Crippen molar-refractivity contribution in [2.24, 2.45) is 11.3 Å². The smallest absolute Gasteiger partial charge is 0.307 e. The molecule has 0 aromatic heterocycles. The van der Waals surface area contributed by atoms with E-state index in [1.807, 2.05) is 6.07 Å². The van der Waals surface area contributed by atoms with Crippen molar-refractivity contribution in [2.45, 2.75) is 64.6 Å². The van der Waals surface area contributed by atoms with Crippen molar-refractivity contribution in [1.29, 1.82) is 0 Å². The van der Waals surface area contributed by atoms with Crippen molar-refractivity contribution in [3.8, 4) is 0 Å². The molecular formula is C37H39NO3. The van der Waals surface area contributed by atoms with E-state index in [-0.39, 0.29) is 29.5 Å². The Kier molecular flexibility index (Phi) is 6.46. The highest BCUT2D eigenvalue weighted by Crippen LogP contribution is 2.74. The number of hydrogen-bond donors (Lipinski definition) is 0. The van der Waals surface area contributed by atoms with E-state index in [1.54, 1.807) is 6.92 Å². The van der Waals surface area contributed by atoms with Gasteiger partial charge in [-0.1, -0.05) is 119 Å². The van der Waals surface area contributed by atoms with Crippen LogP contribution < -0.4 is 0 Å². The lowest BCUT2D eigenvalue weighted by Gasteiger charge is -2.71. The molecule has 1 saturated heterocycles. The predicted octanol–water partition coefficient (Wildman–Crippen LogP) is 7.22. The first-order valence-corrected chi connectivity index (χ1v) is 14.6. The third-order valence-corrected chi connectivity index (χ3v) is 9.28. The Hall–Kier alpha value is -3.76. The summed E-state index contributed by atoms with van der Waals surface area (Å²) in [6.45, 7) is 10.7. The summed E-state index contributed by atoms with van der Waals surface area (Å²) < 4.78 is 5.18. The molecule has 1 fully saturated rings. The Morgan fingerprint density at radius 3 is 2.22 bits per heavy atom. The highest BCUT2D eigenvalue weighted by Gasteiger charge is 2.75. The lowest BCUT2D eigenvalue weighted by molar-refractivity contribution is -0.158. The van der Waals surface area contributed by atoms with E-state index < -0.39 is 17.1 Å².